The van der Waals surface area contributed by atoms with Crippen molar-refractivity contribution >= 4 is 27.7 Å². The summed E-state index contributed by atoms with van der Waals surface area (Å²) in [5.41, 5.74) is -0.635. The molecular formula is C21H20BrF3N4O4S. The number of halogens is 4. The van der Waals surface area contributed by atoms with E-state index in [4.69, 9.17) is 9.47 Å². The summed E-state index contributed by atoms with van der Waals surface area (Å²) in [5.74, 6) is -4.30. The quantitative estimate of drug-likeness (QED) is 0.424. The molecule has 5 atom stereocenters. The topological polar surface area (TPSA) is 103 Å². The van der Waals surface area contributed by atoms with Crippen LogP contribution in [0.4, 0.5) is 13.2 Å². The number of rotatable bonds is 7. The van der Waals surface area contributed by atoms with Crippen LogP contribution in [0.3, 0.4) is 0 Å². The van der Waals surface area contributed by atoms with Gasteiger partial charge in [0.05, 0.1) is 12.8 Å². The minimum atomic E-state index is -1.58. The fourth-order valence-electron chi connectivity index (χ4n) is 3.68. The van der Waals surface area contributed by atoms with E-state index in [1.807, 2.05) is 6.07 Å². The zero-order valence-corrected chi connectivity index (χ0v) is 20.1. The van der Waals surface area contributed by atoms with Gasteiger partial charge in [0.15, 0.2) is 17.5 Å². The third-order valence-electron chi connectivity index (χ3n) is 5.21. The Hall–Kier alpha value is -2.03. The molecule has 2 aromatic heterocycles. The second kappa shape index (κ2) is 10.7. The first-order valence-electron chi connectivity index (χ1n) is 10.2. The van der Waals surface area contributed by atoms with Crippen molar-refractivity contribution in [3.63, 3.8) is 0 Å². The number of aliphatic hydroxyl groups is 2. The van der Waals surface area contributed by atoms with Crippen molar-refractivity contribution in [2.75, 3.05) is 13.2 Å². The van der Waals surface area contributed by atoms with E-state index >= 15 is 0 Å². The van der Waals surface area contributed by atoms with E-state index in [1.54, 1.807) is 19.3 Å². The third kappa shape index (κ3) is 5.14. The van der Waals surface area contributed by atoms with Gasteiger partial charge in [-0.05, 0) is 41.1 Å². The van der Waals surface area contributed by atoms with Crippen LogP contribution in [0, 0.1) is 17.5 Å². The molecule has 34 heavy (non-hydrogen) atoms. The highest BCUT2D eigenvalue weighted by Gasteiger charge is 2.47. The molecule has 0 bridgehead atoms. The Labute approximate surface area is 205 Å². The molecule has 8 nitrogen and oxygen atoms in total. The van der Waals surface area contributed by atoms with Crippen molar-refractivity contribution in [3.8, 4) is 11.3 Å². The van der Waals surface area contributed by atoms with E-state index < -0.39 is 53.8 Å². The van der Waals surface area contributed by atoms with Gasteiger partial charge in [-0.25, -0.2) is 17.9 Å². The lowest BCUT2D eigenvalue weighted by atomic mass is 9.97. The van der Waals surface area contributed by atoms with Crippen molar-refractivity contribution in [2.24, 2.45) is 0 Å². The third-order valence-corrected chi connectivity index (χ3v) is 6.75. The number of hydrogen-bond acceptors (Lipinski definition) is 8. The van der Waals surface area contributed by atoms with Crippen LogP contribution in [0.15, 0.2) is 46.2 Å². The zero-order valence-electron chi connectivity index (χ0n) is 17.7. The number of aliphatic hydroxyl groups excluding tert-OH is 2. The summed E-state index contributed by atoms with van der Waals surface area (Å²) in [5, 5.41) is 28.7. The van der Waals surface area contributed by atoms with Gasteiger partial charge in [-0.3, -0.25) is 4.98 Å². The molecule has 1 aliphatic rings. The molecule has 4 rings (SSSR count). The highest BCUT2D eigenvalue weighted by Crippen LogP contribution is 2.40. The molecule has 13 heteroatoms. The number of aromatic nitrogens is 4. The molecule has 0 spiro atoms. The van der Waals surface area contributed by atoms with Gasteiger partial charge < -0.3 is 19.7 Å². The molecule has 1 aliphatic heterocycles. The largest absolute Gasteiger partial charge is 0.394 e. The Morgan fingerprint density at radius 3 is 2.59 bits per heavy atom. The van der Waals surface area contributed by atoms with Crippen molar-refractivity contribution in [3.05, 3.63) is 58.7 Å². The molecule has 0 aliphatic carbocycles. The second-order valence-corrected chi connectivity index (χ2v) is 9.51. The summed E-state index contributed by atoms with van der Waals surface area (Å²) in [6, 6.07) is 2.59. The molecule has 3 heterocycles. The van der Waals surface area contributed by atoms with Gasteiger partial charge in [0.25, 0.3) is 0 Å². The van der Waals surface area contributed by atoms with Crippen LogP contribution in [0.5, 0.6) is 0 Å². The Kier molecular flexibility index (Phi) is 7.90. The van der Waals surface area contributed by atoms with Crippen LogP contribution in [0.1, 0.15) is 13.0 Å². The van der Waals surface area contributed by atoms with Gasteiger partial charge in [0, 0.05) is 33.9 Å². The summed E-state index contributed by atoms with van der Waals surface area (Å²) in [6.07, 6.45) is 1.69. The minimum Gasteiger partial charge on any atom is -0.394 e. The lowest BCUT2D eigenvalue weighted by Crippen LogP contribution is -2.55. The van der Waals surface area contributed by atoms with Gasteiger partial charge in [-0.2, -0.15) is 0 Å². The standard InChI is InChI=1S/C21H20BrF3N4O4S/c1-2-32-20-18(29-8-15(27-28-29)10-3-13(23)17(25)14(24)4-10)19(31)16(9-30)33-21(20)34-12-5-11(22)6-26-7-12/h3-8,16,18-21,30-31H,2,9H2,1H3. The van der Waals surface area contributed by atoms with Crippen LogP contribution >= 0.6 is 27.7 Å². The molecule has 0 amide bonds. The average Bonchev–Trinajstić information content (AvgIpc) is 3.29. The van der Waals surface area contributed by atoms with E-state index in [0.717, 1.165) is 21.5 Å². The Morgan fingerprint density at radius 2 is 1.94 bits per heavy atom. The predicted octanol–water partition coefficient (Wildman–Crippen LogP) is 3.34. The number of thioether (sulfide) groups is 1. The first kappa shape index (κ1) is 25.1. The van der Waals surface area contributed by atoms with Crippen molar-refractivity contribution in [2.45, 2.75) is 41.6 Å². The highest BCUT2D eigenvalue weighted by molar-refractivity contribution is 9.10. The summed E-state index contributed by atoms with van der Waals surface area (Å²) in [6.45, 7) is 1.59. The van der Waals surface area contributed by atoms with E-state index in [9.17, 15) is 23.4 Å². The van der Waals surface area contributed by atoms with Gasteiger partial charge in [-0.1, -0.05) is 17.0 Å². The van der Waals surface area contributed by atoms with Crippen molar-refractivity contribution < 1.29 is 32.9 Å². The van der Waals surface area contributed by atoms with Crippen LogP contribution in [0.2, 0.25) is 0 Å². The minimum absolute atomic E-state index is 0.0259. The summed E-state index contributed by atoms with van der Waals surface area (Å²) in [7, 11) is 0. The van der Waals surface area contributed by atoms with Gasteiger partial charge in [0.1, 0.15) is 35.5 Å². The molecule has 0 saturated carbocycles. The Bertz CT molecular complexity index is 1130. The van der Waals surface area contributed by atoms with Gasteiger partial charge >= 0.3 is 0 Å². The number of nitrogens with zero attached hydrogens (tertiary/aromatic N) is 4. The smallest absolute Gasteiger partial charge is 0.194 e. The van der Waals surface area contributed by atoms with E-state index in [1.165, 1.54) is 22.6 Å². The lowest BCUT2D eigenvalue weighted by molar-refractivity contribution is -0.191. The molecule has 2 N–H and O–H groups in total. The fraction of sp³-hybridized carbons (Fsp3) is 0.381. The summed E-state index contributed by atoms with van der Waals surface area (Å²) < 4.78 is 54.7. The molecule has 1 aromatic carbocycles. The maximum Gasteiger partial charge on any atom is 0.194 e. The predicted molar refractivity (Wildman–Crippen MR) is 119 cm³/mol. The fourth-order valence-corrected chi connectivity index (χ4v) is 5.35. The SMILES string of the molecule is CCOC1C(Sc2cncc(Br)c2)OC(CO)C(O)C1n1cc(-c2cc(F)c(F)c(F)c2)nn1. The molecule has 1 saturated heterocycles. The maximum absolute atomic E-state index is 13.7. The van der Waals surface area contributed by atoms with E-state index in [0.29, 0.717) is 0 Å². The molecule has 5 unspecified atom stereocenters. The van der Waals surface area contributed by atoms with Crippen molar-refractivity contribution in [1.82, 2.24) is 20.0 Å². The maximum atomic E-state index is 13.7. The van der Waals surface area contributed by atoms with Gasteiger partial charge in [-0.15, -0.1) is 5.10 Å². The molecule has 1 fully saturated rings. The number of ether oxygens (including phenoxy) is 2. The Balaban J connectivity index is 1.69. The average molecular weight is 561 g/mol. The number of pyridine rings is 1. The monoisotopic (exact) mass is 560 g/mol. The zero-order chi connectivity index (χ0) is 24.4. The van der Waals surface area contributed by atoms with Crippen molar-refractivity contribution in [1.29, 1.82) is 0 Å². The van der Waals surface area contributed by atoms with E-state index in [-0.39, 0.29) is 17.9 Å². The Morgan fingerprint density at radius 1 is 1.21 bits per heavy atom. The van der Waals surface area contributed by atoms with Crippen LogP contribution < -0.4 is 0 Å². The second-order valence-electron chi connectivity index (χ2n) is 7.42. The van der Waals surface area contributed by atoms with Crippen LogP contribution in [0.25, 0.3) is 11.3 Å². The summed E-state index contributed by atoms with van der Waals surface area (Å²) >= 11 is 4.66. The van der Waals surface area contributed by atoms with Crippen LogP contribution in [-0.2, 0) is 9.47 Å². The molecule has 3 aromatic rings. The molecule has 182 valence electrons. The number of benzene rings is 1. The highest BCUT2D eigenvalue weighted by atomic mass is 79.9. The summed E-state index contributed by atoms with van der Waals surface area (Å²) in [4.78, 5) is 4.89. The first-order valence-corrected chi connectivity index (χ1v) is 11.9. The van der Waals surface area contributed by atoms with Gasteiger partial charge in [0.2, 0.25) is 0 Å². The lowest BCUT2D eigenvalue weighted by Gasteiger charge is -2.43. The first-order chi connectivity index (χ1) is 16.3. The van der Waals surface area contributed by atoms with Crippen LogP contribution in [-0.4, -0.2) is 67.2 Å². The van der Waals surface area contributed by atoms with E-state index in [2.05, 4.69) is 31.2 Å². The molecule has 0 radical (unpaired) electrons. The number of hydrogen-bond donors (Lipinski definition) is 2. The normalized spacial score (nSPS) is 25.0. The molecular weight excluding hydrogens is 541 g/mol.